The highest BCUT2D eigenvalue weighted by molar-refractivity contribution is 7.88. The average molecular weight is 477 g/mol. The van der Waals surface area contributed by atoms with E-state index in [9.17, 15) is 18.3 Å². The van der Waals surface area contributed by atoms with Crippen LogP contribution in [-0.4, -0.2) is 57.8 Å². The van der Waals surface area contributed by atoms with Crippen LogP contribution in [0.15, 0.2) is 17.2 Å². The topological polar surface area (TPSA) is 105 Å². The molecule has 0 amide bonds. The van der Waals surface area contributed by atoms with Crippen molar-refractivity contribution in [2.45, 2.75) is 83.3 Å². The third-order valence-corrected chi connectivity index (χ3v) is 8.81. The number of sulfonamides is 1. The van der Waals surface area contributed by atoms with Gasteiger partial charge in [-0.1, -0.05) is 20.3 Å². The Morgan fingerprint density at radius 2 is 1.82 bits per heavy atom. The molecule has 1 saturated heterocycles. The molecule has 182 valence electrons. The normalized spacial score (nSPS) is 24.2. The van der Waals surface area contributed by atoms with Crippen LogP contribution in [0.1, 0.15) is 82.1 Å². The Kier molecular flexibility index (Phi) is 7.21. The summed E-state index contributed by atoms with van der Waals surface area (Å²) in [7, 11) is -3.22. The first-order chi connectivity index (χ1) is 15.7. The van der Waals surface area contributed by atoms with Crippen LogP contribution in [-0.2, 0) is 16.4 Å². The second-order valence-corrected chi connectivity index (χ2v) is 11.9. The fourth-order valence-electron chi connectivity index (χ4n) is 5.17. The Morgan fingerprint density at radius 1 is 1.15 bits per heavy atom. The highest BCUT2D eigenvalue weighted by atomic mass is 32.2. The molecule has 2 aromatic rings. The molecular weight excluding hydrogens is 440 g/mol. The van der Waals surface area contributed by atoms with Gasteiger partial charge in [-0.05, 0) is 55.9 Å². The van der Waals surface area contributed by atoms with Gasteiger partial charge in [-0.15, -0.1) is 0 Å². The molecule has 2 fully saturated rings. The molecule has 1 aliphatic carbocycles. The summed E-state index contributed by atoms with van der Waals surface area (Å²) in [6.07, 6.45) is 10.9. The molecule has 0 bridgehead atoms. The first-order valence-electron chi connectivity index (χ1n) is 12.2. The molecule has 4 rings (SSSR count). The number of aliphatic hydroxyl groups is 1. The predicted octanol–water partition coefficient (Wildman–Crippen LogP) is 3.00. The second kappa shape index (κ2) is 9.80. The molecule has 1 aliphatic heterocycles. The standard InChI is InChI=1S/C24H36N4O4S/c1-4-16(2)13-22-25-14-20-23(26-22)21(17-5-7-19(29)8-6-17)15-28(24(20)30)18-9-11-27(12-10-18)33(3,31)32/h14-19,29H,4-13H2,1-3H3/t16-,17?,19?/m0/s1. The molecule has 1 N–H and O–H groups in total. The fourth-order valence-corrected chi connectivity index (χ4v) is 6.04. The third kappa shape index (κ3) is 5.30. The van der Waals surface area contributed by atoms with Gasteiger partial charge in [0, 0.05) is 37.9 Å². The number of rotatable bonds is 6. The lowest BCUT2D eigenvalue weighted by atomic mass is 9.82. The molecule has 33 heavy (non-hydrogen) atoms. The zero-order chi connectivity index (χ0) is 23.8. The van der Waals surface area contributed by atoms with Crippen molar-refractivity contribution in [2.24, 2.45) is 5.92 Å². The van der Waals surface area contributed by atoms with Crippen molar-refractivity contribution in [3.63, 3.8) is 0 Å². The minimum absolute atomic E-state index is 0.0485. The molecule has 2 aromatic heterocycles. The van der Waals surface area contributed by atoms with E-state index < -0.39 is 10.0 Å². The van der Waals surface area contributed by atoms with Gasteiger partial charge >= 0.3 is 0 Å². The second-order valence-electron chi connectivity index (χ2n) is 9.96. The van der Waals surface area contributed by atoms with E-state index in [1.165, 1.54) is 10.6 Å². The van der Waals surface area contributed by atoms with E-state index in [0.717, 1.165) is 55.4 Å². The predicted molar refractivity (Wildman–Crippen MR) is 129 cm³/mol. The van der Waals surface area contributed by atoms with Crippen LogP contribution in [0.4, 0.5) is 0 Å². The van der Waals surface area contributed by atoms with Gasteiger partial charge in [0.2, 0.25) is 10.0 Å². The number of nitrogens with zero attached hydrogens (tertiary/aromatic N) is 4. The Bertz CT molecular complexity index is 1150. The van der Waals surface area contributed by atoms with Crippen molar-refractivity contribution in [2.75, 3.05) is 19.3 Å². The Balaban J connectivity index is 1.75. The molecule has 8 nitrogen and oxygen atoms in total. The Morgan fingerprint density at radius 3 is 2.42 bits per heavy atom. The van der Waals surface area contributed by atoms with Gasteiger partial charge < -0.3 is 9.67 Å². The molecular formula is C24H36N4O4S. The fraction of sp³-hybridized carbons (Fsp3) is 0.708. The van der Waals surface area contributed by atoms with E-state index in [1.807, 2.05) is 6.20 Å². The minimum atomic E-state index is -3.22. The SMILES string of the molecule is CC[C@H](C)Cc1ncc2c(=O)n(C3CCN(S(C)(=O)=O)CC3)cc(C3CCC(O)CC3)c2n1. The molecule has 0 aromatic carbocycles. The summed E-state index contributed by atoms with van der Waals surface area (Å²) in [5.41, 5.74) is 1.71. The lowest BCUT2D eigenvalue weighted by Gasteiger charge is -2.32. The van der Waals surface area contributed by atoms with Crippen molar-refractivity contribution in [3.05, 3.63) is 34.1 Å². The molecule has 1 saturated carbocycles. The van der Waals surface area contributed by atoms with Crippen LogP contribution >= 0.6 is 0 Å². The van der Waals surface area contributed by atoms with Gasteiger partial charge in [0.25, 0.3) is 5.56 Å². The van der Waals surface area contributed by atoms with Crippen molar-refractivity contribution in [1.29, 1.82) is 0 Å². The zero-order valence-electron chi connectivity index (χ0n) is 19.9. The van der Waals surface area contributed by atoms with Crippen LogP contribution in [0.3, 0.4) is 0 Å². The summed E-state index contributed by atoms with van der Waals surface area (Å²) in [4.78, 5) is 22.9. The smallest absolute Gasteiger partial charge is 0.261 e. The number of hydrogen-bond donors (Lipinski definition) is 1. The number of hydrogen-bond acceptors (Lipinski definition) is 6. The van der Waals surface area contributed by atoms with Gasteiger partial charge in [-0.2, -0.15) is 0 Å². The van der Waals surface area contributed by atoms with Crippen molar-refractivity contribution in [1.82, 2.24) is 18.8 Å². The monoisotopic (exact) mass is 476 g/mol. The van der Waals surface area contributed by atoms with Gasteiger partial charge in [-0.25, -0.2) is 22.7 Å². The number of fused-ring (bicyclic) bond motifs is 1. The summed E-state index contributed by atoms with van der Waals surface area (Å²) in [6.45, 7) is 5.17. The number of piperidine rings is 1. The summed E-state index contributed by atoms with van der Waals surface area (Å²) in [6, 6.07) is -0.0485. The van der Waals surface area contributed by atoms with Crippen molar-refractivity contribution in [3.8, 4) is 0 Å². The van der Waals surface area contributed by atoms with Crippen molar-refractivity contribution >= 4 is 20.9 Å². The van der Waals surface area contributed by atoms with Crippen LogP contribution in [0, 0.1) is 5.92 Å². The first kappa shape index (κ1) is 24.3. The molecule has 3 heterocycles. The molecule has 0 spiro atoms. The zero-order valence-corrected chi connectivity index (χ0v) is 20.7. The van der Waals surface area contributed by atoms with Crippen LogP contribution in [0.2, 0.25) is 0 Å². The molecule has 0 radical (unpaired) electrons. The van der Waals surface area contributed by atoms with E-state index in [4.69, 9.17) is 4.98 Å². The van der Waals surface area contributed by atoms with Crippen LogP contribution in [0.5, 0.6) is 0 Å². The minimum Gasteiger partial charge on any atom is -0.393 e. The van der Waals surface area contributed by atoms with Gasteiger partial charge in [0.1, 0.15) is 5.82 Å². The number of aromatic nitrogens is 3. The highest BCUT2D eigenvalue weighted by Gasteiger charge is 2.29. The van der Waals surface area contributed by atoms with Gasteiger partial charge in [0.05, 0.1) is 23.3 Å². The number of aliphatic hydroxyl groups excluding tert-OH is 1. The summed E-state index contributed by atoms with van der Waals surface area (Å²) >= 11 is 0. The first-order valence-corrected chi connectivity index (χ1v) is 14.1. The van der Waals surface area contributed by atoms with E-state index in [-0.39, 0.29) is 23.6 Å². The lowest BCUT2D eigenvalue weighted by molar-refractivity contribution is 0.122. The summed E-state index contributed by atoms with van der Waals surface area (Å²) in [5.74, 6) is 1.48. The highest BCUT2D eigenvalue weighted by Crippen LogP contribution is 2.36. The molecule has 2 aliphatic rings. The summed E-state index contributed by atoms with van der Waals surface area (Å²) in [5, 5.41) is 10.6. The van der Waals surface area contributed by atoms with Crippen LogP contribution < -0.4 is 5.56 Å². The average Bonchev–Trinajstić information content (AvgIpc) is 2.79. The van der Waals surface area contributed by atoms with Crippen molar-refractivity contribution < 1.29 is 13.5 Å². The van der Waals surface area contributed by atoms with E-state index >= 15 is 0 Å². The van der Waals surface area contributed by atoms with Crippen LogP contribution in [0.25, 0.3) is 10.9 Å². The quantitative estimate of drug-likeness (QED) is 0.687. The van der Waals surface area contributed by atoms with E-state index in [0.29, 0.717) is 37.2 Å². The van der Waals surface area contributed by atoms with Gasteiger partial charge in [0.15, 0.2) is 0 Å². The lowest BCUT2D eigenvalue weighted by Crippen LogP contribution is -2.40. The Hall–Kier alpha value is -1.84. The maximum Gasteiger partial charge on any atom is 0.261 e. The number of pyridine rings is 1. The third-order valence-electron chi connectivity index (χ3n) is 7.51. The largest absolute Gasteiger partial charge is 0.393 e. The van der Waals surface area contributed by atoms with Gasteiger partial charge in [-0.3, -0.25) is 4.79 Å². The molecule has 1 atom stereocenters. The van der Waals surface area contributed by atoms with E-state index in [2.05, 4.69) is 18.8 Å². The maximum atomic E-state index is 13.5. The maximum absolute atomic E-state index is 13.5. The van der Waals surface area contributed by atoms with E-state index in [1.54, 1.807) is 10.8 Å². The molecule has 0 unspecified atom stereocenters. The summed E-state index contributed by atoms with van der Waals surface area (Å²) < 4.78 is 27.1. The molecule has 9 heteroatoms. The Labute approximate surface area is 196 Å².